The van der Waals surface area contributed by atoms with Crippen molar-refractivity contribution in [3.05, 3.63) is 53.0 Å². The van der Waals surface area contributed by atoms with Gasteiger partial charge in [0.2, 0.25) is 0 Å². The number of hydrogen-bond donors (Lipinski definition) is 1. The Hall–Kier alpha value is -2.21. The predicted octanol–water partition coefficient (Wildman–Crippen LogP) is 0.760. The van der Waals surface area contributed by atoms with Gasteiger partial charge in [-0.15, -0.1) is 0 Å². The molecular weight excluding hydrogens is 258 g/mol. The van der Waals surface area contributed by atoms with Gasteiger partial charge >= 0.3 is 5.69 Å². The maximum Gasteiger partial charge on any atom is 0.348 e. The number of rotatable bonds is 1. The van der Waals surface area contributed by atoms with Crippen LogP contribution in [-0.4, -0.2) is 31.3 Å². The lowest BCUT2D eigenvalue weighted by Crippen LogP contribution is -2.52. The van der Waals surface area contributed by atoms with Gasteiger partial charge in [-0.2, -0.15) is 0 Å². The van der Waals surface area contributed by atoms with E-state index in [1.165, 1.54) is 10.8 Å². The van der Waals surface area contributed by atoms with E-state index >= 15 is 0 Å². The highest BCUT2D eigenvalue weighted by molar-refractivity contribution is 5.38. The Morgan fingerprint density at radius 3 is 2.95 bits per heavy atom. The molecule has 6 nitrogen and oxygen atoms in total. The van der Waals surface area contributed by atoms with Crippen molar-refractivity contribution in [1.29, 1.82) is 0 Å². The van der Waals surface area contributed by atoms with Gasteiger partial charge < -0.3 is 9.84 Å². The summed E-state index contributed by atoms with van der Waals surface area (Å²) in [7, 11) is 0. The van der Waals surface area contributed by atoms with Crippen LogP contribution in [0.25, 0.3) is 0 Å². The Morgan fingerprint density at radius 2 is 2.20 bits per heavy atom. The van der Waals surface area contributed by atoms with Gasteiger partial charge in [-0.05, 0) is 26.0 Å². The van der Waals surface area contributed by atoms with Crippen LogP contribution in [0.1, 0.15) is 25.5 Å². The lowest BCUT2D eigenvalue weighted by atomic mass is 9.87. The van der Waals surface area contributed by atoms with Gasteiger partial charge in [-0.25, -0.2) is 9.78 Å². The van der Waals surface area contributed by atoms with Crippen LogP contribution in [0, 0.1) is 0 Å². The fourth-order valence-corrected chi connectivity index (χ4v) is 2.49. The number of pyridine rings is 1. The van der Waals surface area contributed by atoms with Crippen LogP contribution in [0.4, 0.5) is 0 Å². The van der Waals surface area contributed by atoms with E-state index in [1.807, 2.05) is 0 Å². The molecule has 0 spiro atoms. The first kappa shape index (κ1) is 12.8. The first-order chi connectivity index (χ1) is 9.50. The molecule has 0 aliphatic carbocycles. The van der Waals surface area contributed by atoms with Crippen LogP contribution >= 0.6 is 0 Å². The summed E-state index contributed by atoms with van der Waals surface area (Å²) in [6.45, 7) is 3.57. The van der Waals surface area contributed by atoms with Crippen molar-refractivity contribution in [1.82, 2.24) is 14.5 Å². The molecule has 3 heterocycles. The highest BCUT2D eigenvalue weighted by Crippen LogP contribution is 2.40. The van der Waals surface area contributed by atoms with Crippen LogP contribution < -0.4 is 10.4 Å². The molecule has 2 atom stereocenters. The molecule has 1 N–H and O–H groups in total. The zero-order valence-electron chi connectivity index (χ0n) is 11.2. The Balaban J connectivity index is 2.23. The standard InChI is InChI=1S/C14H15N3O3/c1-14(2)12(18)11(17-7-3-5-16-13(17)19)9-8-15-6-4-10(9)20-14/h3-8,11-12,18H,1-2H3/t11-,12+/m1/s1. The largest absolute Gasteiger partial charge is 0.485 e. The van der Waals surface area contributed by atoms with E-state index in [-0.39, 0.29) is 0 Å². The molecule has 1 aliphatic heterocycles. The molecule has 1 aliphatic rings. The number of aromatic nitrogens is 3. The van der Waals surface area contributed by atoms with Gasteiger partial charge in [-0.1, -0.05) is 0 Å². The molecule has 104 valence electrons. The molecule has 2 aromatic heterocycles. The summed E-state index contributed by atoms with van der Waals surface area (Å²) in [5.41, 5.74) is -0.549. The molecule has 0 saturated heterocycles. The first-order valence-corrected chi connectivity index (χ1v) is 6.35. The summed E-state index contributed by atoms with van der Waals surface area (Å²) in [6, 6.07) is 2.83. The Bertz CT molecular complexity index is 696. The van der Waals surface area contributed by atoms with E-state index in [0.717, 1.165) is 0 Å². The highest BCUT2D eigenvalue weighted by atomic mass is 16.5. The van der Waals surface area contributed by atoms with E-state index in [9.17, 15) is 9.90 Å². The zero-order valence-corrected chi connectivity index (χ0v) is 11.2. The molecule has 0 saturated carbocycles. The van der Waals surface area contributed by atoms with Crippen LogP contribution in [0.15, 0.2) is 41.7 Å². The fourth-order valence-electron chi connectivity index (χ4n) is 2.49. The average Bonchev–Trinajstić information content (AvgIpc) is 2.41. The minimum absolute atomic E-state index is 0.413. The normalized spacial score (nSPS) is 23.8. The number of aliphatic hydroxyl groups excluding tert-OH is 1. The third-order valence-electron chi connectivity index (χ3n) is 3.55. The third-order valence-corrected chi connectivity index (χ3v) is 3.55. The van der Waals surface area contributed by atoms with Crippen LogP contribution in [-0.2, 0) is 0 Å². The van der Waals surface area contributed by atoms with Gasteiger partial charge in [0.15, 0.2) is 0 Å². The second-order valence-corrected chi connectivity index (χ2v) is 5.32. The lowest BCUT2D eigenvalue weighted by Gasteiger charge is -2.42. The number of fused-ring (bicyclic) bond motifs is 1. The second-order valence-electron chi connectivity index (χ2n) is 5.32. The van der Waals surface area contributed by atoms with Crippen molar-refractivity contribution in [2.24, 2.45) is 0 Å². The van der Waals surface area contributed by atoms with Crippen LogP contribution in [0.2, 0.25) is 0 Å². The van der Waals surface area contributed by atoms with E-state index in [4.69, 9.17) is 4.74 Å². The predicted molar refractivity (Wildman–Crippen MR) is 71.6 cm³/mol. The van der Waals surface area contributed by atoms with Gasteiger partial charge in [0, 0.05) is 30.4 Å². The highest BCUT2D eigenvalue weighted by Gasteiger charge is 2.44. The van der Waals surface area contributed by atoms with Crippen LogP contribution in [0.3, 0.4) is 0 Å². The molecule has 20 heavy (non-hydrogen) atoms. The van der Waals surface area contributed by atoms with E-state index in [0.29, 0.717) is 11.3 Å². The summed E-state index contributed by atoms with van der Waals surface area (Å²) in [6.07, 6.45) is 5.38. The molecule has 6 heteroatoms. The Morgan fingerprint density at radius 1 is 1.40 bits per heavy atom. The molecule has 2 aromatic rings. The minimum atomic E-state index is -0.888. The van der Waals surface area contributed by atoms with Crippen LogP contribution in [0.5, 0.6) is 5.75 Å². The SMILES string of the molecule is CC1(C)Oc2ccncc2[C@@H](n2cccnc2=O)[C@@H]1O. The van der Waals surface area contributed by atoms with E-state index in [1.54, 1.807) is 44.6 Å². The average molecular weight is 273 g/mol. The summed E-state index contributed by atoms with van der Waals surface area (Å²) in [4.78, 5) is 19.8. The second kappa shape index (κ2) is 4.42. The first-order valence-electron chi connectivity index (χ1n) is 6.35. The van der Waals surface area contributed by atoms with Gasteiger partial charge in [-0.3, -0.25) is 9.55 Å². The topological polar surface area (TPSA) is 77.2 Å². The minimum Gasteiger partial charge on any atom is -0.485 e. The summed E-state index contributed by atoms with van der Waals surface area (Å²) < 4.78 is 7.21. The molecule has 0 aromatic carbocycles. The van der Waals surface area contributed by atoms with Crippen molar-refractivity contribution in [2.75, 3.05) is 0 Å². The zero-order chi connectivity index (χ0) is 14.3. The van der Waals surface area contributed by atoms with Crippen molar-refractivity contribution >= 4 is 0 Å². The van der Waals surface area contributed by atoms with Gasteiger partial charge in [0.05, 0.1) is 6.04 Å². The number of ether oxygens (including phenoxy) is 1. The molecule has 0 unspecified atom stereocenters. The number of aliphatic hydroxyl groups is 1. The molecule has 3 rings (SSSR count). The van der Waals surface area contributed by atoms with Crippen molar-refractivity contribution < 1.29 is 9.84 Å². The maximum atomic E-state index is 12.0. The fraction of sp³-hybridized carbons (Fsp3) is 0.357. The molecule has 0 fully saturated rings. The van der Waals surface area contributed by atoms with E-state index in [2.05, 4.69) is 9.97 Å². The maximum absolute atomic E-state index is 12.0. The monoisotopic (exact) mass is 273 g/mol. The lowest BCUT2D eigenvalue weighted by molar-refractivity contribution is -0.0646. The van der Waals surface area contributed by atoms with E-state index < -0.39 is 23.4 Å². The summed E-state index contributed by atoms with van der Waals surface area (Å²) >= 11 is 0. The smallest absolute Gasteiger partial charge is 0.348 e. The Labute approximate surface area is 115 Å². The Kier molecular flexibility index (Phi) is 2.83. The molecular formula is C14H15N3O3. The molecule has 0 amide bonds. The quantitative estimate of drug-likeness (QED) is 0.830. The summed E-state index contributed by atoms with van der Waals surface area (Å²) in [5.74, 6) is 0.621. The summed E-state index contributed by atoms with van der Waals surface area (Å²) in [5, 5.41) is 10.6. The third kappa shape index (κ3) is 1.89. The van der Waals surface area contributed by atoms with Crippen molar-refractivity contribution in [2.45, 2.75) is 31.6 Å². The van der Waals surface area contributed by atoms with Crippen molar-refractivity contribution in [3.63, 3.8) is 0 Å². The van der Waals surface area contributed by atoms with Gasteiger partial charge in [0.25, 0.3) is 0 Å². The number of nitrogens with zero attached hydrogens (tertiary/aromatic N) is 3. The molecule has 0 radical (unpaired) electrons. The van der Waals surface area contributed by atoms with Crippen molar-refractivity contribution in [3.8, 4) is 5.75 Å². The van der Waals surface area contributed by atoms with Gasteiger partial charge in [0.1, 0.15) is 17.5 Å². The molecule has 0 bridgehead atoms. The number of hydrogen-bond acceptors (Lipinski definition) is 5.